The molecule has 268 valence electrons. The van der Waals surface area contributed by atoms with Gasteiger partial charge in [0.25, 0.3) is 0 Å². The van der Waals surface area contributed by atoms with Crippen LogP contribution in [0.3, 0.4) is 0 Å². The van der Waals surface area contributed by atoms with E-state index in [1.54, 1.807) is 7.11 Å². The lowest BCUT2D eigenvalue weighted by atomic mass is 9.71. The number of anilines is 1. The number of methoxy groups -OCH3 is 1. The predicted octanol–water partition coefficient (Wildman–Crippen LogP) is 5.45. The molecule has 8 rings (SSSR count). The molecule has 4 fully saturated rings. The van der Waals surface area contributed by atoms with Crippen molar-refractivity contribution < 1.29 is 33.2 Å². The summed E-state index contributed by atoms with van der Waals surface area (Å²) in [6.45, 7) is 3.43. The summed E-state index contributed by atoms with van der Waals surface area (Å²) in [4.78, 5) is 18.5. The van der Waals surface area contributed by atoms with Gasteiger partial charge in [-0.3, -0.25) is 9.88 Å². The number of terminal acetylenes is 1. The van der Waals surface area contributed by atoms with Crippen LogP contribution in [-0.2, 0) is 9.47 Å². The molecule has 0 spiro atoms. The summed E-state index contributed by atoms with van der Waals surface area (Å²) in [7, 11) is 1.77. The van der Waals surface area contributed by atoms with Crippen molar-refractivity contribution in [1.29, 1.82) is 0 Å². The Balaban J connectivity index is 1.19. The van der Waals surface area contributed by atoms with Crippen molar-refractivity contribution in [3.8, 4) is 35.4 Å². The Bertz CT molecular complexity index is 2000. The van der Waals surface area contributed by atoms with Gasteiger partial charge in [-0.2, -0.15) is 9.97 Å². The Hall–Kier alpha value is -4.15. The maximum atomic E-state index is 17.0. The molecular formula is C39H43F2N5O5. The van der Waals surface area contributed by atoms with Crippen molar-refractivity contribution in [2.75, 3.05) is 58.1 Å². The molecule has 2 saturated carbocycles. The molecule has 0 bridgehead atoms. The number of phenols is 1. The van der Waals surface area contributed by atoms with Gasteiger partial charge in [-0.05, 0) is 74.6 Å². The van der Waals surface area contributed by atoms with Crippen LogP contribution in [0.25, 0.3) is 32.9 Å². The molecule has 4 aliphatic rings. The Kier molecular flexibility index (Phi) is 9.17. The number of halogens is 2. The van der Waals surface area contributed by atoms with Crippen molar-refractivity contribution in [1.82, 2.24) is 19.9 Å². The molecule has 2 aromatic carbocycles. The smallest absolute Gasteiger partial charge is 0.319 e. The van der Waals surface area contributed by atoms with E-state index in [9.17, 15) is 14.6 Å². The lowest BCUT2D eigenvalue weighted by Crippen LogP contribution is -2.58. The van der Waals surface area contributed by atoms with Gasteiger partial charge in [-0.1, -0.05) is 18.4 Å². The summed E-state index contributed by atoms with van der Waals surface area (Å²) >= 11 is 0. The van der Waals surface area contributed by atoms with Gasteiger partial charge in [-0.15, -0.1) is 6.42 Å². The first-order chi connectivity index (χ1) is 24.8. The Labute approximate surface area is 295 Å². The van der Waals surface area contributed by atoms with Gasteiger partial charge in [0.2, 0.25) is 0 Å². The molecule has 2 saturated heterocycles. The number of piperidine rings is 1. The largest absolute Gasteiger partial charge is 0.508 e. The molecular weight excluding hydrogens is 656 g/mol. The Morgan fingerprint density at radius 1 is 1.14 bits per heavy atom. The van der Waals surface area contributed by atoms with Crippen LogP contribution in [0.15, 0.2) is 30.5 Å². The van der Waals surface area contributed by atoms with Crippen molar-refractivity contribution in [3.63, 3.8) is 0 Å². The van der Waals surface area contributed by atoms with Crippen LogP contribution >= 0.6 is 0 Å². The lowest BCUT2D eigenvalue weighted by Gasteiger charge is -2.53. The van der Waals surface area contributed by atoms with Crippen molar-refractivity contribution >= 4 is 27.5 Å². The third-order valence-electron chi connectivity index (χ3n) is 11.6. The molecule has 4 heterocycles. The lowest BCUT2D eigenvalue weighted by molar-refractivity contribution is -0.0622. The van der Waals surface area contributed by atoms with Gasteiger partial charge >= 0.3 is 6.01 Å². The number of likely N-dealkylation sites (tertiary alicyclic amines) is 1. The molecule has 3 atom stereocenters. The first-order valence-corrected chi connectivity index (χ1v) is 17.9. The van der Waals surface area contributed by atoms with E-state index in [0.29, 0.717) is 54.4 Å². The zero-order chi connectivity index (χ0) is 35.3. The number of ether oxygens (including phenoxy) is 3. The number of pyridine rings is 1. The molecule has 0 amide bonds. The van der Waals surface area contributed by atoms with E-state index in [1.807, 2.05) is 4.90 Å². The second kappa shape index (κ2) is 13.8. The third-order valence-corrected chi connectivity index (χ3v) is 11.6. The minimum Gasteiger partial charge on any atom is -0.508 e. The van der Waals surface area contributed by atoms with Crippen LogP contribution in [0.4, 0.5) is 14.6 Å². The minimum atomic E-state index is -0.789. The summed E-state index contributed by atoms with van der Waals surface area (Å²) < 4.78 is 49.4. The molecule has 2 aromatic heterocycles. The molecule has 12 heteroatoms. The number of rotatable bonds is 8. The topological polar surface area (TPSA) is 113 Å². The maximum absolute atomic E-state index is 17.0. The number of phenolic OH excluding ortho intramolecular Hbond substituents is 1. The monoisotopic (exact) mass is 699 g/mol. The second-order valence-corrected chi connectivity index (χ2v) is 14.7. The highest BCUT2D eigenvalue weighted by Crippen LogP contribution is 2.51. The second-order valence-electron chi connectivity index (χ2n) is 14.7. The number of nitrogens with zero attached hydrogens (tertiary/aromatic N) is 5. The fourth-order valence-corrected chi connectivity index (χ4v) is 9.18. The van der Waals surface area contributed by atoms with E-state index in [0.717, 1.165) is 58.1 Å². The normalized spacial score (nSPS) is 26.8. The molecule has 0 radical (unpaired) electrons. The summed E-state index contributed by atoms with van der Waals surface area (Å²) in [6.07, 6.45) is 14.1. The number of aliphatic hydroxyl groups is 1. The van der Waals surface area contributed by atoms with Gasteiger partial charge in [0.05, 0.1) is 36.9 Å². The van der Waals surface area contributed by atoms with E-state index in [1.165, 1.54) is 30.5 Å². The third kappa shape index (κ3) is 6.14. The molecule has 51 heavy (non-hydrogen) atoms. The number of aliphatic hydroxyl groups excluding tert-OH is 1. The standard InChI is InChI=1S/C39H43F2N5O5/c1-3-28-31(40)8-7-24-16-26(47)17-29(33(24)28)35-34(41)36-30(18-42-35)37(45-12-13-50-21-27(48)19-45)44-38(43-36)51-22-39-9-4-6-32(39)46(11-5-10-39)25-14-23(15-25)20-49-2/h1,7-8,16-18,23,25,27,32,47-48H,4-6,9-15,19-22H2,2H3. The summed E-state index contributed by atoms with van der Waals surface area (Å²) in [5, 5.41) is 22.2. The fraction of sp³-hybridized carbons (Fsp3) is 0.513. The highest BCUT2D eigenvalue weighted by atomic mass is 19.1. The minimum absolute atomic E-state index is 0.0327. The number of β-amino-alcohol motifs (C(OH)–C–C–N with tert-alkyl or cyclic N) is 1. The van der Waals surface area contributed by atoms with Gasteiger partial charge in [0, 0.05) is 61.5 Å². The number of hydrogen-bond donors (Lipinski definition) is 2. The van der Waals surface area contributed by atoms with Gasteiger partial charge in [0.1, 0.15) is 28.6 Å². The Morgan fingerprint density at radius 2 is 1.98 bits per heavy atom. The van der Waals surface area contributed by atoms with Crippen molar-refractivity contribution in [3.05, 3.63) is 47.7 Å². The number of benzene rings is 2. The van der Waals surface area contributed by atoms with E-state index in [2.05, 4.69) is 20.8 Å². The van der Waals surface area contributed by atoms with Crippen LogP contribution in [-0.4, -0.2) is 101 Å². The molecule has 4 aromatic rings. The van der Waals surface area contributed by atoms with Gasteiger partial charge in [-0.25, -0.2) is 8.78 Å². The highest BCUT2D eigenvalue weighted by Gasteiger charge is 2.51. The average Bonchev–Trinajstić information content (AvgIpc) is 3.43. The van der Waals surface area contributed by atoms with Crippen molar-refractivity contribution in [2.24, 2.45) is 11.3 Å². The fourth-order valence-electron chi connectivity index (χ4n) is 9.18. The quantitative estimate of drug-likeness (QED) is 0.231. The number of aromatic nitrogens is 3. The van der Waals surface area contributed by atoms with Crippen molar-refractivity contribution in [2.45, 2.75) is 63.1 Å². The van der Waals surface area contributed by atoms with Crippen LogP contribution in [0.5, 0.6) is 11.8 Å². The first-order valence-electron chi connectivity index (χ1n) is 17.9. The van der Waals surface area contributed by atoms with Gasteiger partial charge < -0.3 is 29.3 Å². The number of aromatic hydroxyl groups is 1. The molecule has 2 aliphatic carbocycles. The zero-order valence-corrected chi connectivity index (χ0v) is 28.8. The zero-order valence-electron chi connectivity index (χ0n) is 28.8. The van der Waals surface area contributed by atoms with Crippen LogP contribution in [0.1, 0.15) is 50.5 Å². The van der Waals surface area contributed by atoms with E-state index >= 15 is 4.39 Å². The molecule has 2 aliphatic heterocycles. The van der Waals surface area contributed by atoms with Gasteiger partial charge in [0.15, 0.2) is 5.82 Å². The molecule has 3 unspecified atom stereocenters. The Morgan fingerprint density at radius 3 is 2.80 bits per heavy atom. The van der Waals surface area contributed by atoms with E-state index in [-0.39, 0.29) is 58.1 Å². The van der Waals surface area contributed by atoms with E-state index in [4.69, 9.17) is 25.6 Å². The first kappa shape index (κ1) is 34.0. The summed E-state index contributed by atoms with van der Waals surface area (Å²) in [5.41, 5.74) is -0.174. The highest BCUT2D eigenvalue weighted by molar-refractivity contribution is 6.03. The number of hydrogen-bond acceptors (Lipinski definition) is 10. The average molecular weight is 700 g/mol. The predicted molar refractivity (Wildman–Crippen MR) is 189 cm³/mol. The summed E-state index contributed by atoms with van der Waals surface area (Å²) in [6, 6.07) is 6.47. The van der Waals surface area contributed by atoms with Crippen LogP contribution < -0.4 is 9.64 Å². The SMILES string of the molecule is C#Cc1c(F)ccc2cc(O)cc(-c3ncc4c(N5CCOCC(O)C5)nc(OCC56CCCC5N(C5CC(COC)C5)CCC6)nc4c3F)c12. The summed E-state index contributed by atoms with van der Waals surface area (Å²) in [5.74, 6) is 1.79. The van der Waals surface area contributed by atoms with Crippen LogP contribution in [0.2, 0.25) is 0 Å². The van der Waals surface area contributed by atoms with E-state index < -0.39 is 17.7 Å². The van der Waals surface area contributed by atoms with Crippen LogP contribution in [0, 0.1) is 35.3 Å². The number of fused-ring (bicyclic) bond motifs is 3. The maximum Gasteiger partial charge on any atom is 0.319 e. The molecule has 2 N–H and O–H groups in total. The molecule has 10 nitrogen and oxygen atoms in total.